The average Bonchev–Trinajstić information content (AvgIpc) is 2.35. The van der Waals surface area contributed by atoms with Gasteiger partial charge in [0.1, 0.15) is 12.4 Å². The molecular formula is C11H13FN2O5S2. The fraction of sp³-hybridized carbons (Fsp3) is 0.273. The third-order valence-corrected chi connectivity index (χ3v) is 4.46. The third-order valence-electron chi connectivity index (χ3n) is 2.23. The average molecular weight is 336 g/mol. The van der Waals surface area contributed by atoms with Crippen LogP contribution in [0.1, 0.15) is 5.56 Å². The van der Waals surface area contributed by atoms with Gasteiger partial charge in [0.15, 0.2) is 0 Å². The molecule has 1 aromatic rings. The lowest BCUT2D eigenvalue weighted by molar-refractivity contribution is 0.350. The van der Waals surface area contributed by atoms with Crippen LogP contribution in [0.4, 0.5) is 4.39 Å². The van der Waals surface area contributed by atoms with Crippen molar-refractivity contribution in [1.29, 1.82) is 0 Å². The summed E-state index contributed by atoms with van der Waals surface area (Å²) in [7, 11) is -7.85. The smallest absolute Gasteiger partial charge is 0.240 e. The fourth-order valence-electron chi connectivity index (χ4n) is 1.30. The van der Waals surface area contributed by atoms with Gasteiger partial charge in [0.2, 0.25) is 20.0 Å². The maximum Gasteiger partial charge on any atom is 0.240 e. The Morgan fingerprint density at radius 2 is 1.95 bits per heavy atom. The zero-order chi connectivity index (χ0) is 16.1. The fourth-order valence-corrected chi connectivity index (χ4v) is 2.86. The van der Waals surface area contributed by atoms with Crippen LogP contribution in [0.15, 0.2) is 23.1 Å². The summed E-state index contributed by atoms with van der Waals surface area (Å²) in [6, 6.07) is 3.01. The van der Waals surface area contributed by atoms with Gasteiger partial charge >= 0.3 is 0 Å². The van der Waals surface area contributed by atoms with Crippen molar-refractivity contribution in [2.75, 3.05) is 18.9 Å². The quantitative estimate of drug-likeness (QED) is 0.578. The highest BCUT2D eigenvalue weighted by Crippen LogP contribution is 2.14. The molecule has 7 nitrogen and oxygen atoms in total. The number of aliphatic hydroxyl groups is 1. The van der Waals surface area contributed by atoms with Crippen molar-refractivity contribution >= 4 is 20.0 Å². The lowest BCUT2D eigenvalue weighted by Gasteiger charge is -2.06. The summed E-state index contributed by atoms with van der Waals surface area (Å²) in [5, 5.41) is 13.2. The number of hydrogen-bond acceptors (Lipinski definition) is 5. The van der Waals surface area contributed by atoms with Crippen molar-refractivity contribution < 1.29 is 26.3 Å². The molecule has 1 aromatic carbocycles. The SMILES string of the molecule is NS(=O)(=O)CCNS(=O)(=O)c1ccc(C#CCO)c(F)c1. The molecule has 1 rings (SSSR count). The van der Waals surface area contributed by atoms with Gasteiger partial charge in [-0.1, -0.05) is 11.8 Å². The van der Waals surface area contributed by atoms with E-state index in [1.807, 2.05) is 4.72 Å². The summed E-state index contributed by atoms with van der Waals surface area (Å²) in [6.07, 6.45) is 0. The van der Waals surface area contributed by atoms with Crippen LogP contribution in [-0.4, -0.2) is 40.8 Å². The van der Waals surface area contributed by atoms with Crippen molar-refractivity contribution in [1.82, 2.24) is 4.72 Å². The molecular weight excluding hydrogens is 323 g/mol. The van der Waals surface area contributed by atoms with Crippen molar-refractivity contribution in [3.8, 4) is 11.8 Å². The first kappa shape index (κ1) is 17.5. The Bertz CT molecular complexity index is 779. The van der Waals surface area contributed by atoms with Gasteiger partial charge in [-0.15, -0.1) is 0 Å². The van der Waals surface area contributed by atoms with Gasteiger partial charge in [-0.3, -0.25) is 0 Å². The molecule has 0 aliphatic carbocycles. The summed E-state index contributed by atoms with van der Waals surface area (Å²) < 4.78 is 60.6. The number of nitrogens with one attached hydrogen (secondary N) is 1. The molecule has 0 unspecified atom stereocenters. The molecule has 0 saturated carbocycles. The predicted molar refractivity (Wildman–Crippen MR) is 73.5 cm³/mol. The van der Waals surface area contributed by atoms with E-state index in [9.17, 15) is 21.2 Å². The molecule has 0 atom stereocenters. The molecule has 0 spiro atoms. The maximum absolute atomic E-state index is 13.6. The lowest BCUT2D eigenvalue weighted by Crippen LogP contribution is -2.31. The normalized spacial score (nSPS) is 11.8. The van der Waals surface area contributed by atoms with Gasteiger partial charge in [0.25, 0.3) is 0 Å². The zero-order valence-electron chi connectivity index (χ0n) is 10.7. The number of sulfonamides is 2. The summed E-state index contributed by atoms with van der Waals surface area (Å²) in [4.78, 5) is -0.371. The monoisotopic (exact) mass is 336 g/mol. The van der Waals surface area contributed by atoms with Crippen LogP contribution < -0.4 is 9.86 Å². The van der Waals surface area contributed by atoms with Crippen molar-refractivity contribution in [3.05, 3.63) is 29.6 Å². The highest BCUT2D eigenvalue weighted by Gasteiger charge is 2.16. The molecule has 10 heteroatoms. The molecule has 0 radical (unpaired) electrons. The van der Waals surface area contributed by atoms with E-state index in [-0.39, 0.29) is 10.5 Å². The first-order valence-electron chi connectivity index (χ1n) is 5.55. The first-order valence-corrected chi connectivity index (χ1v) is 8.75. The Hall–Kier alpha value is -1.51. The maximum atomic E-state index is 13.6. The van der Waals surface area contributed by atoms with Gasteiger partial charge in [-0.05, 0) is 18.2 Å². The van der Waals surface area contributed by atoms with Crippen LogP contribution in [0.2, 0.25) is 0 Å². The number of benzene rings is 1. The van der Waals surface area contributed by atoms with Crippen molar-refractivity contribution in [2.45, 2.75) is 4.90 Å². The molecule has 0 bridgehead atoms. The second-order valence-corrected chi connectivity index (χ2v) is 7.37. The molecule has 0 heterocycles. The van der Waals surface area contributed by atoms with Crippen LogP contribution >= 0.6 is 0 Å². The number of nitrogens with two attached hydrogens (primary N) is 1. The third kappa shape index (κ3) is 5.78. The van der Waals surface area contributed by atoms with Gasteiger partial charge in [0.05, 0.1) is 16.2 Å². The Labute approximate surface area is 122 Å². The molecule has 0 saturated heterocycles. The van der Waals surface area contributed by atoms with Gasteiger partial charge in [0, 0.05) is 6.54 Å². The van der Waals surface area contributed by atoms with E-state index in [2.05, 4.69) is 11.8 Å². The number of rotatable bonds is 5. The second kappa shape index (κ2) is 6.97. The number of halogens is 1. The minimum atomic E-state index is -4.05. The van der Waals surface area contributed by atoms with Crippen molar-refractivity contribution in [3.63, 3.8) is 0 Å². The number of hydrogen-bond donors (Lipinski definition) is 3. The molecule has 0 amide bonds. The van der Waals surface area contributed by atoms with Gasteiger partial charge < -0.3 is 5.11 Å². The summed E-state index contributed by atoms with van der Waals surface area (Å²) in [6.45, 7) is -0.872. The highest BCUT2D eigenvalue weighted by atomic mass is 32.2. The Morgan fingerprint density at radius 1 is 1.29 bits per heavy atom. The molecule has 21 heavy (non-hydrogen) atoms. The Balaban J connectivity index is 2.92. The van der Waals surface area contributed by atoms with E-state index in [1.54, 1.807) is 0 Å². The molecule has 116 valence electrons. The van der Waals surface area contributed by atoms with E-state index in [0.29, 0.717) is 0 Å². The zero-order valence-corrected chi connectivity index (χ0v) is 12.3. The van der Waals surface area contributed by atoms with E-state index in [1.165, 1.54) is 0 Å². The Morgan fingerprint density at radius 3 is 2.48 bits per heavy atom. The van der Waals surface area contributed by atoms with Crippen LogP contribution in [-0.2, 0) is 20.0 Å². The van der Waals surface area contributed by atoms with Crippen LogP contribution in [0.25, 0.3) is 0 Å². The Kier molecular flexibility index (Phi) is 5.82. The van der Waals surface area contributed by atoms with Crippen molar-refractivity contribution in [2.24, 2.45) is 5.14 Å². The molecule has 0 aliphatic rings. The van der Waals surface area contributed by atoms with E-state index < -0.39 is 44.8 Å². The molecule has 0 fully saturated rings. The summed E-state index contributed by atoms with van der Waals surface area (Å²) in [5.41, 5.74) is -0.0625. The first-order chi connectivity index (χ1) is 9.65. The standard InChI is InChI=1S/C11H13FN2O5S2/c12-11-8-10(4-3-9(11)2-1-6-15)21(18,19)14-5-7-20(13,16)17/h3-4,8,14-15H,5-7H2,(H2,13,16,17). The minimum absolute atomic E-state index is 0.0625. The lowest BCUT2D eigenvalue weighted by atomic mass is 10.2. The van der Waals surface area contributed by atoms with Gasteiger partial charge in [-0.25, -0.2) is 31.1 Å². The molecule has 4 N–H and O–H groups in total. The highest BCUT2D eigenvalue weighted by molar-refractivity contribution is 7.90. The van der Waals surface area contributed by atoms with E-state index in [4.69, 9.17) is 10.2 Å². The van der Waals surface area contributed by atoms with Crippen LogP contribution in [0.5, 0.6) is 0 Å². The summed E-state index contributed by atoms with van der Waals surface area (Å²) >= 11 is 0. The molecule has 0 aromatic heterocycles. The van der Waals surface area contributed by atoms with E-state index >= 15 is 0 Å². The summed E-state index contributed by atoms with van der Waals surface area (Å²) in [5.74, 6) is 3.11. The van der Waals surface area contributed by atoms with Crippen LogP contribution in [0, 0.1) is 17.7 Å². The predicted octanol–water partition coefficient (Wildman–Crippen LogP) is -1.26. The number of primary sulfonamides is 1. The minimum Gasteiger partial charge on any atom is -0.384 e. The van der Waals surface area contributed by atoms with Gasteiger partial charge in [-0.2, -0.15) is 0 Å². The number of aliphatic hydroxyl groups excluding tert-OH is 1. The van der Waals surface area contributed by atoms with Crippen LogP contribution in [0.3, 0.4) is 0 Å². The largest absolute Gasteiger partial charge is 0.384 e. The topological polar surface area (TPSA) is 127 Å². The van der Waals surface area contributed by atoms with E-state index in [0.717, 1.165) is 18.2 Å². The molecule has 0 aliphatic heterocycles. The second-order valence-electron chi connectivity index (χ2n) is 3.87.